The molecule has 0 aromatic heterocycles. The molecule has 0 radical (unpaired) electrons. The fraction of sp³-hybridized carbons (Fsp3) is 0.529. The zero-order chi connectivity index (χ0) is 16.2. The summed E-state index contributed by atoms with van der Waals surface area (Å²) in [5.41, 5.74) is 0.648. The van der Waals surface area contributed by atoms with E-state index in [4.69, 9.17) is 0 Å². The Morgan fingerprint density at radius 2 is 1.83 bits per heavy atom. The van der Waals surface area contributed by atoms with Crippen LogP contribution in [0.2, 0.25) is 0 Å². The van der Waals surface area contributed by atoms with E-state index in [1.54, 1.807) is 12.1 Å². The largest absolute Gasteiger partial charge is 0.337 e. The summed E-state index contributed by atoms with van der Waals surface area (Å²) in [5.74, 6) is -0.112. The van der Waals surface area contributed by atoms with Crippen molar-refractivity contribution in [1.82, 2.24) is 10.2 Å². The first kappa shape index (κ1) is 19.5. The van der Waals surface area contributed by atoms with Crippen molar-refractivity contribution in [3.63, 3.8) is 0 Å². The van der Waals surface area contributed by atoms with E-state index in [1.165, 1.54) is 0 Å². The second kappa shape index (κ2) is 8.31. The molecule has 1 aliphatic heterocycles. The van der Waals surface area contributed by atoms with Crippen molar-refractivity contribution >= 4 is 29.9 Å². The molecule has 1 aliphatic rings. The Labute approximate surface area is 144 Å². The normalized spacial score (nSPS) is 15.3. The molecule has 0 saturated carbocycles. The van der Waals surface area contributed by atoms with Crippen LogP contribution in [0.25, 0.3) is 0 Å². The maximum Gasteiger partial charge on any atom is 0.256 e. The molecule has 0 unspecified atom stereocenters. The molecule has 1 aromatic rings. The van der Waals surface area contributed by atoms with Crippen LogP contribution in [-0.2, 0) is 4.79 Å². The average Bonchev–Trinajstić information content (AvgIpc) is 2.75. The van der Waals surface area contributed by atoms with Crippen molar-refractivity contribution in [2.75, 3.05) is 31.5 Å². The van der Waals surface area contributed by atoms with E-state index in [1.807, 2.05) is 37.8 Å². The minimum absolute atomic E-state index is 0. The minimum Gasteiger partial charge on any atom is -0.337 e. The van der Waals surface area contributed by atoms with E-state index in [9.17, 15) is 9.59 Å². The number of carbonyl (C=O) groups is 2. The zero-order valence-corrected chi connectivity index (χ0v) is 14.8. The maximum atomic E-state index is 12.8. The lowest BCUT2D eigenvalue weighted by Crippen LogP contribution is -2.35. The molecule has 23 heavy (non-hydrogen) atoms. The van der Waals surface area contributed by atoms with Crippen LogP contribution in [0.3, 0.4) is 0 Å². The SMILES string of the molecule is CC(C)(C)C(=O)Nc1ccccc1C(=O)N1CCCNCC1.Cl. The summed E-state index contributed by atoms with van der Waals surface area (Å²) in [6, 6.07) is 7.22. The van der Waals surface area contributed by atoms with Gasteiger partial charge in [-0.25, -0.2) is 0 Å². The van der Waals surface area contributed by atoms with Gasteiger partial charge in [0.25, 0.3) is 5.91 Å². The molecule has 0 aliphatic carbocycles. The molecule has 128 valence electrons. The summed E-state index contributed by atoms with van der Waals surface area (Å²) >= 11 is 0. The molecular formula is C17H26ClN3O2. The quantitative estimate of drug-likeness (QED) is 0.870. The number of nitrogens with zero attached hydrogens (tertiary/aromatic N) is 1. The van der Waals surface area contributed by atoms with Gasteiger partial charge in [0.05, 0.1) is 11.3 Å². The zero-order valence-electron chi connectivity index (χ0n) is 14.0. The van der Waals surface area contributed by atoms with Crippen molar-refractivity contribution < 1.29 is 9.59 Å². The standard InChI is InChI=1S/C17H25N3O2.ClH/c1-17(2,3)16(22)19-14-8-5-4-7-13(14)15(21)20-11-6-9-18-10-12-20;/h4-5,7-8,18H,6,9-12H2,1-3H3,(H,19,22);1H. The van der Waals surface area contributed by atoms with Crippen LogP contribution in [0.1, 0.15) is 37.6 Å². The number of nitrogens with one attached hydrogen (secondary N) is 2. The van der Waals surface area contributed by atoms with Crippen molar-refractivity contribution in [3.8, 4) is 0 Å². The van der Waals surface area contributed by atoms with Gasteiger partial charge in [0.1, 0.15) is 0 Å². The van der Waals surface area contributed by atoms with E-state index >= 15 is 0 Å². The number of carbonyl (C=O) groups excluding carboxylic acids is 2. The van der Waals surface area contributed by atoms with Crippen LogP contribution >= 0.6 is 12.4 Å². The van der Waals surface area contributed by atoms with Crippen molar-refractivity contribution in [1.29, 1.82) is 0 Å². The van der Waals surface area contributed by atoms with Gasteiger partial charge in [-0.3, -0.25) is 9.59 Å². The predicted molar refractivity (Wildman–Crippen MR) is 95.2 cm³/mol. The van der Waals surface area contributed by atoms with E-state index in [0.29, 0.717) is 17.8 Å². The first-order valence-corrected chi connectivity index (χ1v) is 7.80. The van der Waals surface area contributed by atoms with E-state index in [-0.39, 0.29) is 24.2 Å². The number of halogens is 1. The second-order valence-electron chi connectivity index (χ2n) is 6.65. The van der Waals surface area contributed by atoms with E-state index < -0.39 is 5.41 Å². The summed E-state index contributed by atoms with van der Waals surface area (Å²) in [7, 11) is 0. The van der Waals surface area contributed by atoms with E-state index in [0.717, 1.165) is 26.1 Å². The fourth-order valence-corrected chi connectivity index (χ4v) is 2.31. The third-order valence-corrected chi connectivity index (χ3v) is 3.71. The second-order valence-corrected chi connectivity index (χ2v) is 6.65. The highest BCUT2D eigenvalue weighted by molar-refractivity contribution is 6.04. The van der Waals surface area contributed by atoms with Crippen LogP contribution in [0.5, 0.6) is 0 Å². The Balaban J connectivity index is 0.00000264. The van der Waals surface area contributed by atoms with Gasteiger partial charge in [-0.15, -0.1) is 12.4 Å². The number of amides is 2. The first-order valence-electron chi connectivity index (χ1n) is 7.80. The monoisotopic (exact) mass is 339 g/mol. The lowest BCUT2D eigenvalue weighted by molar-refractivity contribution is -0.123. The number of anilines is 1. The lowest BCUT2D eigenvalue weighted by Gasteiger charge is -2.23. The highest BCUT2D eigenvalue weighted by Gasteiger charge is 2.24. The van der Waals surface area contributed by atoms with Crippen LogP contribution in [0, 0.1) is 5.41 Å². The molecule has 1 saturated heterocycles. The number of hydrogen-bond donors (Lipinski definition) is 2. The fourth-order valence-electron chi connectivity index (χ4n) is 2.31. The molecule has 6 heteroatoms. The molecule has 5 nitrogen and oxygen atoms in total. The smallest absolute Gasteiger partial charge is 0.256 e. The Morgan fingerprint density at radius 3 is 2.52 bits per heavy atom. The Morgan fingerprint density at radius 1 is 1.13 bits per heavy atom. The third-order valence-electron chi connectivity index (χ3n) is 3.71. The van der Waals surface area contributed by atoms with Gasteiger partial charge in [0, 0.05) is 25.0 Å². The van der Waals surface area contributed by atoms with Gasteiger partial charge in [-0.2, -0.15) is 0 Å². The molecule has 0 bridgehead atoms. The lowest BCUT2D eigenvalue weighted by atomic mass is 9.95. The summed E-state index contributed by atoms with van der Waals surface area (Å²) in [4.78, 5) is 26.8. The van der Waals surface area contributed by atoms with Gasteiger partial charge < -0.3 is 15.5 Å². The van der Waals surface area contributed by atoms with E-state index in [2.05, 4.69) is 10.6 Å². The summed E-state index contributed by atoms with van der Waals surface area (Å²) in [5, 5.41) is 6.17. The van der Waals surface area contributed by atoms with Gasteiger partial charge in [0.15, 0.2) is 0 Å². The van der Waals surface area contributed by atoms with Gasteiger partial charge in [-0.1, -0.05) is 32.9 Å². The molecule has 0 atom stereocenters. The topological polar surface area (TPSA) is 61.4 Å². The maximum absolute atomic E-state index is 12.8. The van der Waals surface area contributed by atoms with Gasteiger partial charge in [0.2, 0.25) is 5.91 Å². The molecule has 1 aromatic carbocycles. The highest BCUT2D eigenvalue weighted by atomic mass is 35.5. The summed E-state index contributed by atoms with van der Waals surface area (Å²) in [6.07, 6.45) is 0.947. The molecule has 1 fully saturated rings. The van der Waals surface area contributed by atoms with Gasteiger partial charge in [-0.05, 0) is 25.1 Å². The predicted octanol–water partition coefficient (Wildman–Crippen LogP) is 2.53. The van der Waals surface area contributed by atoms with Crippen LogP contribution in [0.4, 0.5) is 5.69 Å². The Hall–Kier alpha value is -1.59. The van der Waals surface area contributed by atoms with Crippen molar-refractivity contribution in [2.45, 2.75) is 27.2 Å². The van der Waals surface area contributed by atoms with Crippen molar-refractivity contribution in [2.24, 2.45) is 5.41 Å². The number of para-hydroxylation sites is 1. The molecule has 2 amide bonds. The van der Waals surface area contributed by atoms with Crippen LogP contribution < -0.4 is 10.6 Å². The molecule has 2 rings (SSSR count). The van der Waals surface area contributed by atoms with Crippen molar-refractivity contribution in [3.05, 3.63) is 29.8 Å². The summed E-state index contributed by atoms with van der Waals surface area (Å²) < 4.78 is 0. The summed E-state index contributed by atoms with van der Waals surface area (Å²) in [6.45, 7) is 8.75. The number of rotatable bonds is 2. The molecule has 1 heterocycles. The van der Waals surface area contributed by atoms with Crippen LogP contribution in [-0.4, -0.2) is 42.9 Å². The Kier molecular flexibility index (Phi) is 7.03. The molecule has 2 N–H and O–H groups in total. The highest BCUT2D eigenvalue weighted by Crippen LogP contribution is 2.22. The number of benzene rings is 1. The van der Waals surface area contributed by atoms with Gasteiger partial charge >= 0.3 is 0 Å². The Bertz CT molecular complexity index is 547. The number of hydrogen-bond acceptors (Lipinski definition) is 3. The molecular weight excluding hydrogens is 314 g/mol. The third kappa shape index (κ3) is 5.22. The average molecular weight is 340 g/mol. The molecule has 0 spiro atoms. The van der Waals surface area contributed by atoms with Crippen LogP contribution in [0.15, 0.2) is 24.3 Å². The minimum atomic E-state index is -0.497. The first-order chi connectivity index (χ1) is 10.4.